The molecule has 5 rings (SSSR count). The van der Waals surface area contributed by atoms with Crippen molar-refractivity contribution in [2.24, 2.45) is 5.16 Å². The van der Waals surface area contributed by atoms with Gasteiger partial charge in [0.25, 0.3) is 0 Å². The van der Waals surface area contributed by atoms with E-state index < -0.39 is 0 Å². The van der Waals surface area contributed by atoms with E-state index in [9.17, 15) is 0 Å². The predicted molar refractivity (Wildman–Crippen MR) is 115 cm³/mol. The molecule has 30 heavy (non-hydrogen) atoms. The maximum absolute atomic E-state index is 6.08. The summed E-state index contributed by atoms with van der Waals surface area (Å²) in [5.41, 5.74) is 4.62. The number of nitrogens with zero attached hydrogens (tertiary/aromatic N) is 3. The molecule has 1 unspecified atom stereocenters. The molecule has 1 N–H and O–H groups in total. The van der Waals surface area contributed by atoms with Crippen molar-refractivity contribution in [3.05, 3.63) is 81.9 Å². The van der Waals surface area contributed by atoms with E-state index in [1.807, 2.05) is 19.1 Å². The van der Waals surface area contributed by atoms with Crippen LogP contribution >= 0.6 is 11.6 Å². The summed E-state index contributed by atoms with van der Waals surface area (Å²) in [6.45, 7) is 2.28. The van der Waals surface area contributed by atoms with Gasteiger partial charge in [-0.25, -0.2) is 9.97 Å². The van der Waals surface area contributed by atoms with Crippen molar-refractivity contribution in [3.8, 4) is 11.5 Å². The number of halogens is 1. The van der Waals surface area contributed by atoms with E-state index in [1.165, 1.54) is 29.5 Å². The zero-order chi connectivity index (χ0) is 20.5. The van der Waals surface area contributed by atoms with E-state index in [0.29, 0.717) is 40.5 Å². The molecular weight excluding hydrogens is 400 g/mol. The fraction of sp³-hybridized carbons (Fsp3) is 0.261. The third-order valence-corrected chi connectivity index (χ3v) is 5.59. The third-order valence-electron chi connectivity index (χ3n) is 5.36. The first-order valence-corrected chi connectivity index (χ1v) is 10.4. The Bertz CT molecular complexity index is 1130. The molecule has 6 nitrogen and oxygen atoms in total. The molecule has 0 radical (unpaired) electrons. The first-order chi connectivity index (χ1) is 14.7. The topological polar surface area (TPSA) is 68.6 Å². The number of oxime groups is 1. The number of aromatic nitrogens is 2. The molecule has 0 saturated heterocycles. The van der Waals surface area contributed by atoms with E-state index in [-0.39, 0.29) is 6.04 Å². The van der Waals surface area contributed by atoms with Crippen molar-refractivity contribution >= 4 is 17.4 Å². The van der Waals surface area contributed by atoms with Gasteiger partial charge in [-0.2, -0.15) is 0 Å². The lowest BCUT2D eigenvalue weighted by Crippen LogP contribution is -2.36. The maximum Gasteiger partial charge on any atom is 0.196 e. The van der Waals surface area contributed by atoms with Crippen molar-refractivity contribution in [1.82, 2.24) is 15.3 Å². The number of fused-ring (bicyclic) bond motifs is 1. The number of rotatable bonds is 4. The van der Waals surface area contributed by atoms with E-state index >= 15 is 0 Å². The molecule has 7 heteroatoms. The Morgan fingerprint density at radius 2 is 2.03 bits per heavy atom. The highest BCUT2D eigenvalue weighted by atomic mass is 35.5. The Kier molecular flexibility index (Phi) is 5.01. The molecule has 2 heterocycles. The summed E-state index contributed by atoms with van der Waals surface area (Å²) in [4.78, 5) is 14.4. The molecule has 0 saturated carbocycles. The van der Waals surface area contributed by atoms with Crippen LogP contribution in [0, 0.1) is 6.92 Å². The zero-order valence-corrected chi connectivity index (χ0v) is 17.3. The first-order valence-electron chi connectivity index (χ1n) is 10.0. The van der Waals surface area contributed by atoms with Crippen LogP contribution in [0.1, 0.15) is 40.7 Å². The summed E-state index contributed by atoms with van der Waals surface area (Å²) in [5.74, 6) is 2.22. The fourth-order valence-corrected chi connectivity index (χ4v) is 4.05. The lowest BCUT2D eigenvalue weighted by atomic mass is 10.0. The van der Waals surface area contributed by atoms with Crippen LogP contribution in [-0.4, -0.2) is 22.4 Å². The van der Waals surface area contributed by atoms with Crippen LogP contribution < -0.4 is 10.1 Å². The molecular formula is C23H21ClN4O2. The van der Waals surface area contributed by atoms with Crippen LogP contribution in [0.15, 0.2) is 53.8 Å². The van der Waals surface area contributed by atoms with Crippen LogP contribution in [0.25, 0.3) is 0 Å². The van der Waals surface area contributed by atoms with Gasteiger partial charge in [-0.05, 0) is 61.1 Å². The van der Waals surface area contributed by atoms with Gasteiger partial charge in [0, 0.05) is 5.02 Å². The van der Waals surface area contributed by atoms with Crippen LogP contribution in [0.2, 0.25) is 5.02 Å². The minimum atomic E-state index is -0.0160. The Labute approximate surface area is 179 Å². The molecule has 1 atom stereocenters. The lowest BCUT2D eigenvalue weighted by Gasteiger charge is -2.25. The van der Waals surface area contributed by atoms with E-state index in [2.05, 4.69) is 38.6 Å². The molecule has 1 aliphatic carbocycles. The fourth-order valence-electron chi connectivity index (χ4n) is 3.87. The van der Waals surface area contributed by atoms with Gasteiger partial charge in [-0.1, -0.05) is 41.0 Å². The van der Waals surface area contributed by atoms with Gasteiger partial charge < -0.3 is 14.9 Å². The van der Waals surface area contributed by atoms with Crippen LogP contribution in [0.3, 0.4) is 0 Å². The summed E-state index contributed by atoms with van der Waals surface area (Å²) < 4.78 is 6.01. The summed E-state index contributed by atoms with van der Waals surface area (Å²) in [6.07, 6.45) is 5.17. The monoisotopic (exact) mass is 420 g/mol. The molecule has 0 fully saturated rings. The molecule has 2 aliphatic rings. The SMILES string of the molecule is Cc1ncc(Oc2cccc(Cl)c2)c(C2=NOCC(c3ccc4c(c3)CCC4)N2)n1. The Hall–Kier alpha value is -3.12. The quantitative estimate of drug-likeness (QED) is 0.660. The highest BCUT2D eigenvalue weighted by Gasteiger charge is 2.25. The maximum atomic E-state index is 6.08. The molecule has 152 valence electrons. The average Bonchev–Trinajstić information content (AvgIpc) is 3.23. The van der Waals surface area contributed by atoms with Crippen LogP contribution in [0.5, 0.6) is 11.5 Å². The Balaban J connectivity index is 1.43. The Morgan fingerprint density at radius 1 is 1.13 bits per heavy atom. The van der Waals surface area contributed by atoms with Crippen molar-refractivity contribution in [2.75, 3.05) is 6.61 Å². The third kappa shape index (κ3) is 3.83. The molecule has 1 aliphatic heterocycles. The summed E-state index contributed by atoms with van der Waals surface area (Å²) in [6, 6.07) is 13.9. The number of nitrogens with one attached hydrogen (secondary N) is 1. The van der Waals surface area contributed by atoms with Crippen molar-refractivity contribution in [1.29, 1.82) is 0 Å². The highest BCUT2D eigenvalue weighted by Crippen LogP contribution is 2.29. The number of ether oxygens (including phenoxy) is 1. The lowest BCUT2D eigenvalue weighted by molar-refractivity contribution is 0.109. The zero-order valence-electron chi connectivity index (χ0n) is 16.6. The molecule has 3 aromatic rings. The summed E-state index contributed by atoms with van der Waals surface area (Å²) in [5, 5.41) is 8.28. The normalized spacial score (nSPS) is 17.5. The van der Waals surface area contributed by atoms with Crippen molar-refractivity contribution < 1.29 is 9.57 Å². The second kappa shape index (κ2) is 7.95. The standard InChI is InChI=1S/C23H21ClN4O2/c1-14-25-12-21(30-19-7-3-6-18(24)11-19)22(26-14)23-27-20(13-29-28-23)17-9-8-15-4-2-5-16(15)10-17/h3,6-12,20H,2,4-5,13H2,1H3,(H,27,28). The van der Waals surface area contributed by atoms with Gasteiger partial charge in [0.2, 0.25) is 0 Å². The molecule has 0 amide bonds. The Morgan fingerprint density at radius 3 is 2.93 bits per heavy atom. The molecule has 2 aromatic carbocycles. The number of aryl methyl sites for hydroxylation is 3. The second-order valence-electron chi connectivity index (χ2n) is 7.50. The first kappa shape index (κ1) is 18.9. The van der Waals surface area contributed by atoms with Gasteiger partial charge in [-0.15, -0.1) is 0 Å². The van der Waals surface area contributed by atoms with Gasteiger partial charge in [0.05, 0.1) is 12.2 Å². The molecule has 0 bridgehead atoms. The number of hydrogen-bond donors (Lipinski definition) is 1. The highest BCUT2D eigenvalue weighted by molar-refractivity contribution is 6.30. The van der Waals surface area contributed by atoms with Gasteiger partial charge in [0.1, 0.15) is 18.2 Å². The minimum Gasteiger partial charge on any atom is -0.453 e. The number of benzene rings is 2. The van der Waals surface area contributed by atoms with Gasteiger partial charge in [-0.3, -0.25) is 0 Å². The second-order valence-corrected chi connectivity index (χ2v) is 7.94. The van der Waals surface area contributed by atoms with Crippen LogP contribution in [-0.2, 0) is 17.7 Å². The number of amidine groups is 1. The smallest absolute Gasteiger partial charge is 0.196 e. The summed E-state index contributed by atoms with van der Waals surface area (Å²) in [7, 11) is 0. The van der Waals surface area contributed by atoms with Crippen LogP contribution in [0.4, 0.5) is 0 Å². The van der Waals surface area contributed by atoms with Gasteiger partial charge >= 0.3 is 0 Å². The van der Waals surface area contributed by atoms with Crippen molar-refractivity contribution in [2.45, 2.75) is 32.2 Å². The average molecular weight is 421 g/mol. The van der Waals surface area contributed by atoms with Crippen molar-refractivity contribution in [3.63, 3.8) is 0 Å². The van der Waals surface area contributed by atoms with Gasteiger partial charge in [0.15, 0.2) is 17.3 Å². The van der Waals surface area contributed by atoms with E-state index in [4.69, 9.17) is 21.2 Å². The minimum absolute atomic E-state index is 0.0160. The largest absolute Gasteiger partial charge is 0.453 e. The van der Waals surface area contributed by atoms with E-state index in [1.54, 1.807) is 18.3 Å². The van der Waals surface area contributed by atoms with E-state index in [0.717, 1.165) is 6.42 Å². The number of hydrogen-bond acceptors (Lipinski definition) is 6. The molecule has 0 spiro atoms. The summed E-state index contributed by atoms with van der Waals surface area (Å²) >= 11 is 6.08. The predicted octanol–water partition coefficient (Wildman–Crippen LogP) is 4.74. The molecule has 1 aromatic heterocycles.